The predicted molar refractivity (Wildman–Crippen MR) is 125 cm³/mol. The molecule has 16 heteroatoms. The number of carboxylic acids is 1. The highest BCUT2D eigenvalue weighted by atomic mass is 16.7. The second kappa shape index (κ2) is 15.0. The fourth-order valence-corrected chi connectivity index (χ4v) is 3.60. The summed E-state index contributed by atoms with van der Waals surface area (Å²) in [5.74, 6) is -7.07. The average molecular weight is 563 g/mol. The van der Waals surface area contributed by atoms with Crippen LogP contribution >= 0.6 is 0 Å². The summed E-state index contributed by atoms with van der Waals surface area (Å²) in [5.41, 5.74) is 0. The number of carboxylic acid groups (broad SMARTS) is 1. The molecule has 0 spiro atoms. The van der Waals surface area contributed by atoms with E-state index in [1.165, 1.54) is 6.92 Å². The number of esters is 4. The lowest BCUT2D eigenvalue weighted by Crippen LogP contribution is -2.64. The van der Waals surface area contributed by atoms with Gasteiger partial charge in [0.1, 0.15) is 6.04 Å². The lowest BCUT2D eigenvalue weighted by atomic mass is 9.97. The molecule has 0 saturated carbocycles. The molecule has 220 valence electrons. The molecule has 1 saturated heterocycles. The fraction of sp³-hybridized carbons (Fsp3) is 0.696. The van der Waals surface area contributed by atoms with Crippen molar-refractivity contribution in [1.82, 2.24) is 10.6 Å². The highest BCUT2D eigenvalue weighted by molar-refractivity contribution is 5.90. The zero-order valence-electron chi connectivity index (χ0n) is 22.6. The summed E-state index contributed by atoms with van der Waals surface area (Å²) < 4.78 is 31.2. The van der Waals surface area contributed by atoms with Crippen molar-refractivity contribution in [2.75, 3.05) is 13.7 Å². The van der Waals surface area contributed by atoms with Gasteiger partial charge in [0.2, 0.25) is 11.8 Å². The summed E-state index contributed by atoms with van der Waals surface area (Å²) in [6, 6.07) is -2.77. The van der Waals surface area contributed by atoms with Crippen molar-refractivity contribution in [1.29, 1.82) is 0 Å². The molecule has 1 rings (SSSR count). The summed E-state index contributed by atoms with van der Waals surface area (Å²) >= 11 is 0. The van der Waals surface area contributed by atoms with Crippen molar-refractivity contribution >= 4 is 41.7 Å². The molecular formula is C23H34N2O14. The predicted octanol–water partition coefficient (Wildman–Crippen LogP) is -1.57. The Hall–Kier alpha value is -3.79. The molecule has 1 aliphatic rings. The molecule has 2 amide bonds. The van der Waals surface area contributed by atoms with Gasteiger partial charge in [-0.1, -0.05) is 13.8 Å². The summed E-state index contributed by atoms with van der Waals surface area (Å²) in [7, 11) is 1.00. The van der Waals surface area contributed by atoms with Crippen molar-refractivity contribution in [2.45, 2.75) is 84.3 Å². The van der Waals surface area contributed by atoms with Crippen molar-refractivity contribution in [3.8, 4) is 0 Å². The normalized spacial score (nSPS) is 23.9. The molecule has 1 fully saturated rings. The van der Waals surface area contributed by atoms with Crippen molar-refractivity contribution < 1.29 is 67.1 Å². The standard InChI is InChI=1S/C23H34N2O14/c1-9(2)15(24-10(3)26)20(30)25-14(21(31)32)8-35-23-19(38-13(6)29)17(37-12(5)28)16(36-11(4)27)18(39-23)22(33)34-7/h9,14-19,23H,8H2,1-7H3,(H,24,26)(H,25,30)(H,31,32)/t14-,15-,16-,17-,18-,19+,23+/m0/s1. The fourth-order valence-electron chi connectivity index (χ4n) is 3.60. The number of hydrogen-bond acceptors (Lipinski definition) is 13. The Morgan fingerprint density at radius 2 is 1.33 bits per heavy atom. The molecular weight excluding hydrogens is 528 g/mol. The lowest BCUT2D eigenvalue weighted by molar-refractivity contribution is -0.302. The van der Waals surface area contributed by atoms with Gasteiger partial charge in [0.05, 0.1) is 13.7 Å². The summed E-state index contributed by atoms with van der Waals surface area (Å²) in [6.07, 6.45) is -8.43. The quantitative estimate of drug-likeness (QED) is 0.181. The molecule has 0 aromatic carbocycles. The molecule has 0 aliphatic carbocycles. The van der Waals surface area contributed by atoms with E-state index >= 15 is 0 Å². The third kappa shape index (κ3) is 10.1. The number of methoxy groups -OCH3 is 1. The van der Waals surface area contributed by atoms with Crippen LogP contribution in [0.4, 0.5) is 0 Å². The van der Waals surface area contributed by atoms with Crippen LogP contribution in [0.2, 0.25) is 0 Å². The van der Waals surface area contributed by atoms with E-state index in [2.05, 4.69) is 15.4 Å². The van der Waals surface area contributed by atoms with Crippen molar-refractivity contribution in [3.63, 3.8) is 0 Å². The van der Waals surface area contributed by atoms with Crippen LogP contribution in [-0.4, -0.2) is 103 Å². The van der Waals surface area contributed by atoms with E-state index in [4.69, 9.17) is 23.7 Å². The monoisotopic (exact) mass is 562 g/mol. The number of amides is 2. The number of hydrogen-bond donors (Lipinski definition) is 3. The van der Waals surface area contributed by atoms with Crippen LogP contribution in [0.3, 0.4) is 0 Å². The van der Waals surface area contributed by atoms with Gasteiger partial charge in [-0.05, 0) is 5.92 Å². The Morgan fingerprint density at radius 3 is 1.77 bits per heavy atom. The van der Waals surface area contributed by atoms with Crippen LogP contribution in [0.25, 0.3) is 0 Å². The molecule has 7 atom stereocenters. The lowest BCUT2D eigenvalue weighted by Gasteiger charge is -2.43. The minimum atomic E-state index is -1.76. The first kappa shape index (κ1) is 33.2. The molecule has 0 aromatic rings. The maximum atomic E-state index is 12.7. The zero-order chi connectivity index (χ0) is 30.0. The minimum absolute atomic E-state index is 0.400. The smallest absolute Gasteiger partial charge is 0.339 e. The van der Waals surface area contributed by atoms with Gasteiger partial charge < -0.3 is 44.2 Å². The van der Waals surface area contributed by atoms with Gasteiger partial charge in [-0.2, -0.15) is 0 Å². The van der Waals surface area contributed by atoms with Gasteiger partial charge in [-0.15, -0.1) is 0 Å². The Bertz CT molecular complexity index is 951. The van der Waals surface area contributed by atoms with Crippen LogP contribution < -0.4 is 10.6 Å². The van der Waals surface area contributed by atoms with Gasteiger partial charge in [0.15, 0.2) is 36.7 Å². The third-order valence-corrected chi connectivity index (χ3v) is 5.18. The van der Waals surface area contributed by atoms with E-state index in [-0.39, 0.29) is 0 Å². The maximum Gasteiger partial charge on any atom is 0.339 e. The topological polar surface area (TPSA) is 219 Å². The highest BCUT2D eigenvalue weighted by Crippen LogP contribution is 2.30. The molecule has 1 heterocycles. The zero-order valence-corrected chi connectivity index (χ0v) is 22.6. The third-order valence-electron chi connectivity index (χ3n) is 5.18. The number of aliphatic carboxylic acids is 1. The number of rotatable bonds is 12. The van der Waals surface area contributed by atoms with Crippen LogP contribution in [0.5, 0.6) is 0 Å². The number of ether oxygens (including phenoxy) is 6. The van der Waals surface area contributed by atoms with Gasteiger partial charge >= 0.3 is 29.8 Å². The number of carbonyl (C=O) groups is 7. The van der Waals surface area contributed by atoms with E-state index in [9.17, 15) is 38.7 Å². The molecule has 1 aliphatic heterocycles. The van der Waals surface area contributed by atoms with Gasteiger partial charge in [0.25, 0.3) is 0 Å². The van der Waals surface area contributed by atoms with Gasteiger partial charge in [0, 0.05) is 27.7 Å². The Morgan fingerprint density at radius 1 is 0.821 bits per heavy atom. The summed E-state index contributed by atoms with van der Waals surface area (Å²) in [4.78, 5) is 83.9. The largest absolute Gasteiger partial charge is 0.480 e. The van der Waals surface area contributed by atoms with Crippen LogP contribution in [0.1, 0.15) is 41.5 Å². The minimum Gasteiger partial charge on any atom is -0.480 e. The van der Waals surface area contributed by atoms with E-state index in [1.807, 2.05) is 0 Å². The van der Waals surface area contributed by atoms with Crippen LogP contribution in [0.15, 0.2) is 0 Å². The van der Waals surface area contributed by atoms with Crippen LogP contribution in [0, 0.1) is 5.92 Å². The second-order valence-corrected chi connectivity index (χ2v) is 8.83. The summed E-state index contributed by atoms with van der Waals surface area (Å²) in [5, 5.41) is 14.3. The second-order valence-electron chi connectivity index (χ2n) is 8.83. The summed E-state index contributed by atoms with van der Waals surface area (Å²) in [6.45, 7) is 6.67. The molecule has 3 N–H and O–H groups in total. The highest BCUT2D eigenvalue weighted by Gasteiger charge is 2.55. The van der Waals surface area contributed by atoms with Gasteiger partial charge in [-0.3, -0.25) is 24.0 Å². The molecule has 0 radical (unpaired) electrons. The molecule has 39 heavy (non-hydrogen) atoms. The first-order chi connectivity index (χ1) is 18.1. The number of carbonyl (C=O) groups excluding carboxylic acids is 6. The maximum absolute atomic E-state index is 12.7. The first-order valence-electron chi connectivity index (χ1n) is 11.8. The Labute approximate surface area is 223 Å². The molecule has 16 nitrogen and oxygen atoms in total. The number of nitrogens with one attached hydrogen (secondary N) is 2. The van der Waals surface area contributed by atoms with E-state index < -0.39 is 97.0 Å². The Balaban J connectivity index is 3.33. The van der Waals surface area contributed by atoms with E-state index in [0.29, 0.717) is 0 Å². The van der Waals surface area contributed by atoms with Crippen LogP contribution in [-0.2, 0) is 62.0 Å². The van der Waals surface area contributed by atoms with Gasteiger partial charge in [-0.25, -0.2) is 9.59 Å². The van der Waals surface area contributed by atoms with Crippen molar-refractivity contribution in [2.24, 2.45) is 5.92 Å². The van der Waals surface area contributed by atoms with E-state index in [1.54, 1.807) is 13.8 Å². The first-order valence-corrected chi connectivity index (χ1v) is 11.8. The Kier molecular flexibility index (Phi) is 12.8. The SMILES string of the molecule is COC(=O)[C@H]1O[C@@H](OC[C@H](NC(=O)[C@@H](NC(C)=O)C(C)C)C(=O)O)[C@H](OC(C)=O)[C@@H](OC(C)=O)[C@@H]1OC(C)=O. The average Bonchev–Trinajstić information content (AvgIpc) is 2.80. The molecule has 0 bridgehead atoms. The van der Waals surface area contributed by atoms with E-state index in [0.717, 1.165) is 27.9 Å². The van der Waals surface area contributed by atoms with Crippen molar-refractivity contribution in [3.05, 3.63) is 0 Å². The molecule has 0 aromatic heterocycles. The molecule has 0 unspecified atom stereocenters.